The Labute approximate surface area is 157 Å². The van der Waals surface area contributed by atoms with Gasteiger partial charge in [-0.15, -0.1) is 11.3 Å². The monoisotopic (exact) mass is 397 g/mol. The summed E-state index contributed by atoms with van der Waals surface area (Å²) < 4.78 is 32.3. The van der Waals surface area contributed by atoms with E-state index in [1.54, 1.807) is 23.6 Å². The van der Waals surface area contributed by atoms with E-state index in [0.29, 0.717) is 18.8 Å². The van der Waals surface area contributed by atoms with E-state index in [0.717, 1.165) is 17.8 Å². The molecule has 0 fully saturated rings. The quantitative estimate of drug-likeness (QED) is 0.600. The maximum atomic E-state index is 12.2. The second-order valence-corrected chi connectivity index (χ2v) is 8.40. The van der Waals surface area contributed by atoms with E-state index in [1.807, 2.05) is 13.8 Å². The summed E-state index contributed by atoms with van der Waals surface area (Å²) in [5, 5.41) is 4.70. The molecular formula is C17H23N3O4S2. The number of carbonyl (C=O) groups is 1. The summed E-state index contributed by atoms with van der Waals surface area (Å²) in [6, 6.07) is 8.06. The summed E-state index contributed by atoms with van der Waals surface area (Å²) in [6.07, 6.45) is 1.02. The van der Waals surface area contributed by atoms with Gasteiger partial charge in [0, 0.05) is 18.5 Å². The molecule has 0 saturated carbocycles. The predicted octanol–water partition coefficient (Wildman–Crippen LogP) is 2.42. The smallest absolute Gasteiger partial charge is 0.263 e. The van der Waals surface area contributed by atoms with E-state index in [-0.39, 0.29) is 28.5 Å². The third-order valence-electron chi connectivity index (χ3n) is 3.26. The average molecular weight is 398 g/mol. The first-order valence-corrected chi connectivity index (χ1v) is 10.6. The predicted molar refractivity (Wildman–Crippen MR) is 102 cm³/mol. The summed E-state index contributed by atoms with van der Waals surface area (Å²) in [4.78, 5) is 16.2. The van der Waals surface area contributed by atoms with Crippen molar-refractivity contribution >= 4 is 32.4 Å². The highest BCUT2D eigenvalue weighted by Crippen LogP contribution is 2.20. The molecule has 0 unspecified atom stereocenters. The van der Waals surface area contributed by atoms with Crippen LogP contribution in [0, 0.1) is 0 Å². The lowest BCUT2D eigenvalue weighted by atomic mass is 10.3. The summed E-state index contributed by atoms with van der Waals surface area (Å²) in [7, 11) is -3.67. The van der Waals surface area contributed by atoms with Crippen molar-refractivity contribution in [2.75, 3.05) is 17.9 Å². The van der Waals surface area contributed by atoms with Crippen LogP contribution in [-0.2, 0) is 26.0 Å². The van der Waals surface area contributed by atoms with Gasteiger partial charge in [-0.05, 0) is 32.4 Å². The zero-order valence-electron chi connectivity index (χ0n) is 14.8. The summed E-state index contributed by atoms with van der Waals surface area (Å²) in [6.45, 7) is 5.05. The first-order valence-electron chi connectivity index (χ1n) is 8.27. The number of nitrogens with one attached hydrogen (secondary N) is 2. The Morgan fingerprint density at radius 1 is 1.27 bits per heavy atom. The van der Waals surface area contributed by atoms with Crippen molar-refractivity contribution in [3.8, 4) is 0 Å². The molecule has 0 aliphatic heterocycles. The molecule has 0 saturated heterocycles. The van der Waals surface area contributed by atoms with Crippen molar-refractivity contribution in [1.82, 2.24) is 10.3 Å². The third kappa shape index (κ3) is 6.74. The lowest BCUT2D eigenvalue weighted by molar-refractivity contribution is -0.120. The van der Waals surface area contributed by atoms with Crippen LogP contribution in [0.1, 0.15) is 26.0 Å². The summed E-state index contributed by atoms with van der Waals surface area (Å²) in [5.74, 6) is -0.155. The summed E-state index contributed by atoms with van der Waals surface area (Å²) in [5.41, 5.74) is 0.525. The van der Waals surface area contributed by atoms with E-state index < -0.39 is 10.0 Å². The number of amides is 1. The van der Waals surface area contributed by atoms with Gasteiger partial charge in [-0.2, -0.15) is 0 Å². The number of rotatable bonds is 10. The number of hydrogen-bond acceptors (Lipinski definition) is 6. The van der Waals surface area contributed by atoms with E-state index in [4.69, 9.17) is 4.74 Å². The fraction of sp³-hybridized carbons (Fsp3) is 0.412. The highest BCUT2D eigenvalue weighted by Gasteiger charge is 2.16. The van der Waals surface area contributed by atoms with E-state index in [9.17, 15) is 13.2 Å². The van der Waals surface area contributed by atoms with Gasteiger partial charge < -0.3 is 10.1 Å². The fourth-order valence-electron chi connectivity index (χ4n) is 2.05. The molecular weight excluding hydrogens is 374 g/mol. The SMILES string of the molecule is CC(C)OCCCNC(=O)Cc1csc(NS(=O)(=O)c2ccccc2)n1. The number of hydrogen-bond donors (Lipinski definition) is 2. The number of anilines is 1. The Balaban J connectivity index is 1.81. The van der Waals surface area contributed by atoms with Crippen molar-refractivity contribution in [2.24, 2.45) is 0 Å². The highest BCUT2D eigenvalue weighted by atomic mass is 32.2. The van der Waals surface area contributed by atoms with Crippen LogP contribution in [0.25, 0.3) is 0 Å². The zero-order chi connectivity index (χ0) is 19.0. The molecule has 7 nitrogen and oxygen atoms in total. The van der Waals surface area contributed by atoms with Crippen LogP contribution in [0.3, 0.4) is 0 Å². The molecule has 26 heavy (non-hydrogen) atoms. The number of ether oxygens (including phenoxy) is 1. The fourth-order valence-corrected chi connectivity index (χ4v) is 4.04. The molecule has 1 aromatic carbocycles. The minimum Gasteiger partial charge on any atom is -0.379 e. The number of carbonyl (C=O) groups excluding carboxylic acids is 1. The maximum absolute atomic E-state index is 12.2. The molecule has 0 atom stereocenters. The number of benzene rings is 1. The van der Waals surface area contributed by atoms with Gasteiger partial charge in [-0.25, -0.2) is 13.4 Å². The molecule has 0 bridgehead atoms. The molecule has 0 aliphatic rings. The topological polar surface area (TPSA) is 97.4 Å². The largest absolute Gasteiger partial charge is 0.379 e. The van der Waals surface area contributed by atoms with Gasteiger partial charge in [-0.1, -0.05) is 18.2 Å². The molecule has 0 spiro atoms. The van der Waals surface area contributed by atoms with E-state index >= 15 is 0 Å². The van der Waals surface area contributed by atoms with Gasteiger partial charge in [0.05, 0.1) is 23.1 Å². The van der Waals surface area contributed by atoms with Gasteiger partial charge in [0.1, 0.15) is 0 Å². The van der Waals surface area contributed by atoms with Gasteiger partial charge >= 0.3 is 0 Å². The van der Waals surface area contributed by atoms with Crippen LogP contribution in [0.5, 0.6) is 0 Å². The van der Waals surface area contributed by atoms with Crippen molar-refractivity contribution in [3.63, 3.8) is 0 Å². The summed E-state index contributed by atoms with van der Waals surface area (Å²) >= 11 is 1.15. The van der Waals surface area contributed by atoms with Gasteiger partial charge in [0.2, 0.25) is 5.91 Å². The average Bonchev–Trinajstić information content (AvgIpc) is 3.01. The molecule has 1 heterocycles. The Kier molecular flexibility index (Phi) is 7.55. The van der Waals surface area contributed by atoms with Gasteiger partial charge in [0.25, 0.3) is 10.0 Å². The van der Waals surface area contributed by atoms with Crippen LogP contribution in [0.15, 0.2) is 40.6 Å². The highest BCUT2D eigenvalue weighted by molar-refractivity contribution is 7.93. The molecule has 2 rings (SSSR count). The van der Waals surface area contributed by atoms with Crippen molar-refractivity contribution in [2.45, 2.75) is 37.7 Å². The van der Waals surface area contributed by atoms with Crippen molar-refractivity contribution in [3.05, 3.63) is 41.4 Å². The minimum absolute atomic E-state index is 0.106. The normalized spacial score (nSPS) is 11.5. The van der Waals surface area contributed by atoms with E-state index in [1.165, 1.54) is 12.1 Å². The Bertz CT molecular complexity index is 804. The Morgan fingerprint density at radius 2 is 2.00 bits per heavy atom. The van der Waals surface area contributed by atoms with Crippen LogP contribution < -0.4 is 10.0 Å². The standard InChI is InChI=1S/C17H23N3O4S2/c1-13(2)24-10-6-9-18-16(21)11-14-12-25-17(19-14)20-26(22,23)15-7-4-3-5-8-15/h3-5,7-8,12-13H,6,9-11H2,1-2H3,(H,18,21)(H,19,20). The second-order valence-electron chi connectivity index (χ2n) is 5.86. The molecule has 0 aliphatic carbocycles. The van der Waals surface area contributed by atoms with Crippen LogP contribution in [0.2, 0.25) is 0 Å². The lowest BCUT2D eigenvalue weighted by Crippen LogP contribution is -2.27. The minimum atomic E-state index is -3.67. The van der Waals surface area contributed by atoms with Crippen molar-refractivity contribution in [1.29, 1.82) is 0 Å². The molecule has 2 aromatic rings. The molecule has 1 amide bonds. The lowest BCUT2D eigenvalue weighted by Gasteiger charge is -2.07. The second kappa shape index (κ2) is 9.65. The van der Waals surface area contributed by atoms with E-state index in [2.05, 4.69) is 15.0 Å². The van der Waals surface area contributed by atoms with Crippen LogP contribution in [0.4, 0.5) is 5.13 Å². The first-order chi connectivity index (χ1) is 12.4. The molecule has 2 N–H and O–H groups in total. The van der Waals surface area contributed by atoms with Crippen molar-refractivity contribution < 1.29 is 17.9 Å². The van der Waals surface area contributed by atoms with Gasteiger partial charge in [-0.3, -0.25) is 9.52 Å². The number of nitrogens with zero attached hydrogens (tertiary/aromatic N) is 1. The zero-order valence-corrected chi connectivity index (χ0v) is 16.4. The molecule has 0 radical (unpaired) electrons. The molecule has 9 heteroatoms. The maximum Gasteiger partial charge on any atom is 0.263 e. The number of aromatic nitrogens is 1. The third-order valence-corrected chi connectivity index (χ3v) is 5.55. The first kappa shape index (κ1) is 20.3. The van der Waals surface area contributed by atoms with Gasteiger partial charge in [0.15, 0.2) is 5.13 Å². The number of sulfonamides is 1. The van der Waals surface area contributed by atoms with Crippen LogP contribution in [-0.4, -0.2) is 38.6 Å². The number of thiazole rings is 1. The molecule has 142 valence electrons. The Morgan fingerprint density at radius 3 is 2.69 bits per heavy atom. The Hall–Kier alpha value is -1.97. The molecule has 1 aromatic heterocycles. The van der Waals surface area contributed by atoms with Crippen LogP contribution >= 0.6 is 11.3 Å².